The van der Waals surface area contributed by atoms with Crippen LogP contribution in [-0.4, -0.2) is 50.3 Å². The Labute approximate surface area is 87.8 Å². The standard InChI is InChI=1S/C11H24N2O/c1-3-12-7-5-6-11-10-13(4-2)8-9-14-11/h11-12H,3-10H2,1-2H3/t11-/m1/s1. The van der Waals surface area contributed by atoms with Crippen LogP contribution in [-0.2, 0) is 4.74 Å². The minimum Gasteiger partial charge on any atom is -0.376 e. The van der Waals surface area contributed by atoms with Crippen LogP contribution >= 0.6 is 0 Å². The van der Waals surface area contributed by atoms with Crippen LogP contribution in [0.1, 0.15) is 26.7 Å². The molecule has 0 amide bonds. The Kier molecular flexibility index (Phi) is 6.15. The summed E-state index contributed by atoms with van der Waals surface area (Å²) >= 11 is 0. The van der Waals surface area contributed by atoms with Gasteiger partial charge in [-0.3, -0.25) is 4.90 Å². The van der Waals surface area contributed by atoms with Crippen molar-refractivity contribution < 1.29 is 4.74 Å². The maximum atomic E-state index is 5.72. The number of likely N-dealkylation sites (N-methyl/N-ethyl adjacent to an activating group) is 1. The lowest BCUT2D eigenvalue weighted by molar-refractivity contribution is -0.0308. The molecule has 0 radical (unpaired) electrons. The van der Waals surface area contributed by atoms with Crippen molar-refractivity contribution in [3.63, 3.8) is 0 Å². The zero-order valence-corrected chi connectivity index (χ0v) is 9.59. The Morgan fingerprint density at radius 3 is 3.00 bits per heavy atom. The number of rotatable bonds is 6. The Morgan fingerprint density at radius 1 is 1.43 bits per heavy atom. The highest BCUT2D eigenvalue weighted by molar-refractivity contribution is 4.70. The van der Waals surface area contributed by atoms with Crippen LogP contribution in [0.5, 0.6) is 0 Å². The molecular weight excluding hydrogens is 176 g/mol. The van der Waals surface area contributed by atoms with Crippen LogP contribution in [0.25, 0.3) is 0 Å². The molecular formula is C11H24N2O. The molecule has 0 unspecified atom stereocenters. The SMILES string of the molecule is CCNCCC[C@@H]1CN(CC)CCO1. The number of ether oxygens (including phenoxy) is 1. The van der Waals surface area contributed by atoms with E-state index < -0.39 is 0 Å². The molecule has 0 spiro atoms. The fourth-order valence-corrected chi connectivity index (χ4v) is 1.87. The maximum Gasteiger partial charge on any atom is 0.0703 e. The van der Waals surface area contributed by atoms with E-state index in [1.54, 1.807) is 0 Å². The molecule has 0 aromatic carbocycles. The van der Waals surface area contributed by atoms with Crippen molar-refractivity contribution in [1.29, 1.82) is 0 Å². The van der Waals surface area contributed by atoms with E-state index in [0.717, 1.165) is 39.3 Å². The maximum absolute atomic E-state index is 5.72. The predicted octanol–water partition coefficient (Wildman–Crippen LogP) is 1.10. The minimum atomic E-state index is 0.474. The molecule has 1 heterocycles. The number of nitrogens with zero attached hydrogens (tertiary/aromatic N) is 1. The van der Waals surface area contributed by atoms with Crippen molar-refractivity contribution in [2.75, 3.05) is 39.3 Å². The van der Waals surface area contributed by atoms with E-state index in [1.165, 1.54) is 12.8 Å². The largest absolute Gasteiger partial charge is 0.376 e. The highest BCUT2D eigenvalue weighted by Crippen LogP contribution is 2.09. The van der Waals surface area contributed by atoms with Crippen molar-refractivity contribution in [3.8, 4) is 0 Å². The van der Waals surface area contributed by atoms with Gasteiger partial charge in [0.05, 0.1) is 12.7 Å². The Morgan fingerprint density at radius 2 is 2.29 bits per heavy atom. The number of morpholine rings is 1. The lowest BCUT2D eigenvalue weighted by atomic mass is 10.1. The third-order valence-electron chi connectivity index (χ3n) is 2.80. The molecule has 14 heavy (non-hydrogen) atoms. The summed E-state index contributed by atoms with van der Waals surface area (Å²) in [6, 6.07) is 0. The fraction of sp³-hybridized carbons (Fsp3) is 1.00. The summed E-state index contributed by atoms with van der Waals surface area (Å²) < 4.78 is 5.72. The first kappa shape index (κ1) is 12.0. The molecule has 1 N–H and O–H groups in total. The topological polar surface area (TPSA) is 24.5 Å². The lowest BCUT2D eigenvalue weighted by Crippen LogP contribution is -2.42. The van der Waals surface area contributed by atoms with E-state index >= 15 is 0 Å². The van der Waals surface area contributed by atoms with Crippen molar-refractivity contribution >= 4 is 0 Å². The molecule has 0 saturated carbocycles. The molecule has 1 aliphatic heterocycles. The van der Waals surface area contributed by atoms with Crippen molar-refractivity contribution in [1.82, 2.24) is 10.2 Å². The van der Waals surface area contributed by atoms with Gasteiger partial charge in [0.2, 0.25) is 0 Å². The van der Waals surface area contributed by atoms with Crippen LogP contribution in [0.15, 0.2) is 0 Å². The van der Waals surface area contributed by atoms with Gasteiger partial charge in [0.25, 0.3) is 0 Å². The second-order valence-electron chi connectivity index (χ2n) is 3.88. The summed E-state index contributed by atoms with van der Waals surface area (Å²) in [6.45, 7) is 10.9. The van der Waals surface area contributed by atoms with Crippen LogP contribution < -0.4 is 5.32 Å². The summed E-state index contributed by atoms with van der Waals surface area (Å²) in [6.07, 6.45) is 2.90. The Bertz CT molecular complexity index is 141. The van der Waals surface area contributed by atoms with E-state index in [1.807, 2.05) is 0 Å². The number of hydrogen-bond donors (Lipinski definition) is 1. The van der Waals surface area contributed by atoms with E-state index in [-0.39, 0.29) is 0 Å². The Hall–Kier alpha value is -0.120. The first-order chi connectivity index (χ1) is 6.86. The van der Waals surface area contributed by atoms with E-state index in [2.05, 4.69) is 24.1 Å². The quantitative estimate of drug-likeness (QED) is 0.650. The highest BCUT2D eigenvalue weighted by atomic mass is 16.5. The van der Waals surface area contributed by atoms with Gasteiger partial charge in [0.15, 0.2) is 0 Å². The molecule has 0 aliphatic carbocycles. The number of nitrogens with one attached hydrogen (secondary N) is 1. The molecule has 1 aliphatic rings. The third kappa shape index (κ3) is 4.40. The van der Waals surface area contributed by atoms with Gasteiger partial charge >= 0.3 is 0 Å². The molecule has 3 nitrogen and oxygen atoms in total. The fourth-order valence-electron chi connectivity index (χ4n) is 1.87. The summed E-state index contributed by atoms with van der Waals surface area (Å²) in [5, 5.41) is 3.34. The zero-order valence-electron chi connectivity index (χ0n) is 9.59. The first-order valence-corrected chi connectivity index (χ1v) is 5.91. The van der Waals surface area contributed by atoms with Crippen LogP contribution in [0.3, 0.4) is 0 Å². The van der Waals surface area contributed by atoms with Crippen molar-refractivity contribution in [3.05, 3.63) is 0 Å². The zero-order chi connectivity index (χ0) is 10.2. The van der Waals surface area contributed by atoms with Gasteiger partial charge in [-0.25, -0.2) is 0 Å². The molecule has 1 fully saturated rings. The Balaban J connectivity index is 2.05. The van der Waals surface area contributed by atoms with Gasteiger partial charge in [-0.2, -0.15) is 0 Å². The van der Waals surface area contributed by atoms with Crippen molar-refractivity contribution in [2.45, 2.75) is 32.8 Å². The van der Waals surface area contributed by atoms with Gasteiger partial charge in [-0.1, -0.05) is 13.8 Å². The second kappa shape index (κ2) is 7.21. The smallest absolute Gasteiger partial charge is 0.0703 e. The minimum absolute atomic E-state index is 0.474. The number of hydrogen-bond acceptors (Lipinski definition) is 3. The summed E-state index contributed by atoms with van der Waals surface area (Å²) in [4.78, 5) is 2.47. The van der Waals surface area contributed by atoms with Crippen LogP contribution in [0, 0.1) is 0 Å². The van der Waals surface area contributed by atoms with Gasteiger partial charge in [0.1, 0.15) is 0 Å². The second-order valence-corrected chi connectivity index (χ2v) is 3.88. The average Bonchev–Trinajstić information content (AvgIpc) is 2.25. The molecule has 1 atom stereocenters. The molecule has 3 heteroatoms. The van der Waals surface area contributed by atoms with E-state index in [9.17, 15) is 0 Å². The van der Waals surface area contributed by atoms with Gasteiger partial charge in [-0.05, 0) is 32.5 Å². The molecule has 0 aromatic heterocycles. The first-order valence-electron chi connectivity index (χ1n) is 5.91. The molecule has 0 aromatic rings. The molecule has 0 bridgehead atoms. The summed E-state index contributed by atoms with van der Waals surface area (Å²) in [5.41, 5.74) is 0. The third-order valence-corrected chi connectivity index (χ3v) is 2.80. The van der Waals surface area contributed by atoms with Gasteiger partial charge in [0, 0.05) is 13.1 Å². The molecule has 84 valence electrons. The van der Waals surface area contributed by atoms with E-state index in [4.69, 9.17) is 4.74 Å². The molecule has 1 saturated heterocycles. The van der Waals surface area contributed by atoms with Crippen LogP contribution in [0.2, 0.25) is 0 Å². The van der Waals surface area contributed by atoms with Gasteiger partial charge in [-0.15, -0.1) is 0 Å². The average molecular weight is 200 g/mol. The predicted molar refractivity (Wildman–Crippen MR) is 59.6 cm³/mol. The van der Waals surface area contributed by atoms with Crippen molar-refractivity contribution in [2.24, 2.45) is 0 Å². The normalized spacial score (nSPS) is 24.0. The monoisotopic (exact) mass is 200 g/mol. The highest BCUT2D eigenvalue weighted by Gasteiger charge is 2.18. The molecule has 1 rings (SSSR count). The lowest BCUT2D eigenvalue weighted by Gasteiger charge is -2.32. The summed E-state index contributed by atoms with van der Waals surface area (Å²) in [7, 11) is 0. The van der Waals surface area contributed by atoms with Crippen LogP contribution in [0.4, 0.5) is 0 Å². The van der Waals surface area contributed by atoms with Gasteiger partial charge < -0.3 is 10.1 Å². The van der Waals surface area contributed by atoms with E-state index in [0.29, 0.717) is 6.10 Å². The summed E-state index contributed by atoms with van der Waals surface area (Å²) in [5.74, 6) is 0.